The summed E-state index contributed by atoms with van der Waals surface area (Å²) < 4.78 is 5.97. The predicted molar refractivity (Wildman–Crippen MR) is 181 cm³/mol. The van der Waals surface area contributed by atoms with Crippen LogP contribution in [-0.2, 0) is 21.0 Å². The van der Waals surface area contributed by atoms with Crippen LogP contribution in [0.5, 0.6) is 5.75 Å². The van der Waals surface area contributed by atoms with Crippen LogP contribution in [0.2, 0.25) is 5.02 Å². The average Bonchev–Trinajstić information content (AvgIpc) is 2.99. The third-order valence-corrected chi connectivity index (χ3v) is 9.12. The lowest BCUT2D eigenvalue weighted by Crippen LogP contribution is -2.56. The highest BCUT2D eigenvalue weighted by molar-refractivity contribution is 6.31. The van der Waals surface area contributed by atoms with Gasteiger partial charge >= 0.3 is 0 Å². The number of carbonyl (C=O) groups is 3. The Hall–Kier alpha value is -4.46. The summed E-state index contributed by atoms with van der Waals surface area (Å²) in [6.07, 6.45) is -0.349. The zero-order valence-electron chi connectivity index (χ0n) is 26.7. The molecule has 0 spiro atoms. The highest BCUT2D eigenvalue weighted by Crippen LogP contribution is 2.47. The van der Waals surface area contributed by atoms with Crippen LogP contribution < -0.4 is 15.4 Å². The fourth-order valence-corrected chi connectivity index (χ4v) is 6.41. The highest BCUT2D eigenvalue weighted by Gasteiger charge is 2.56. The molecule has 1 fully saturated rings. The molecule has 4 atom stereocenters. The Kier molecular flexibility index (Phi) is 9.66. The quantitative estimate of drug-likeness (QED) is 0.174. The van der Waals surface area contributed by atoms with Gasteiger partial charge in [0.2, 0.25) is 11.8 Å². The molecule has 0 aromatic heterocycles. The van der Waals surface area contributed by atoms with Gasteiger partial charge in [0.1, 0.15) is 24.1 Å². The Morgan fingerprint density at radius 1 is 0.848 bits per heavy atom. The van der Waals surface area contributed by atoms with Crippen LogP contribution in [-0.4, -0.2) is 28.3 Å². The lowest BCUT2D eigenvalue weighted by Gasteiger charge is -2.44. The second kappa shape index (κ2) is 13.5. The Bertz CT molecular complexity index is 1780. The second-order valence-electron chi connectivity index (χ2n) is 12.5. The number of anilines is 2. The van der Waals surface area contributed by atoms with Crippen LogP contribution in [0.15, 0.2) is 84.9 Å². The van der Waals surface area contributed by atoms with Crippen molar-refractivity contribution in [2.24, 2.45) is 11.8 Å². The predicted octanol–water partition coefficient (Wildman–Crippen LogP) is 7.47. The van der Waals surface area contributed by atoms with E-state index in [0.29, 0.717) is 27.7 Å². The van der Waals surface area contributed by atoms with Gasteiger partial charge in [0, 0.05) is 34.3 Å². The molecule has 4 unspecified atom stereocenters. The van der Waals surface area contributed by atoms with E-state index in [1.165, 1.54) is 6.92 Å². The number of rotatable bonds is 8. The van der Waals surface area contributed by atoms with Gasteiger partial charge in [0.05, 0.1) is 11.5 Å². The van der Waals surface area contributed by atoms with Crippen molar-refractivity contribution in [3.05, 3.63) is 123 Å². The highest BCUT2D eigenvalue weighted by atomic mass is 35.5. The molecule has 1 aliphatic carbocycles. The first-order valence-electron chi connectivity index (χ1n) is 15.3. The molecule has 1 saturated carbocycles. The average molecular weight is 639 g/mol. The molecule has 0 bridgehead atoms. The summed E-state index contributed by atoms with van der Waals surface area (Å²) in [5.41, 5.74) is 4.47. The number of halogens is 1. The second-order valence-corrected chi connectivity index (χ2v) is 13.0. The van der Waals surface area contributed by atoms with Crippen molar-refractivity contribution < 1.29 is 24.2 Å². The van der Waals surface area contributed by atoms with Crippen molar-refractivity contribution in [3.8, 4) is 5.75 Å². The largest absolute Gasteiger partial charge is 0.489 e. The summed E-state index contributed by atoms with van der Waals surface area (Å²) >= 11 is 6.29. The third-order valence-electron chi connectivity index (χ3n) is 8.75. The van der Waals surface area contributed by atoms with E-state index in [1.54, 1.807) is 30.3 Å². The standard InChI is InChI=1S/C38H39ClN2O5/c1-22-10-12-24(3)30(18-22)40-36(43)34-32(42)20-38(5,45)35(37(44)41-31-19-23(2)11-13-25(31)4)33(34)26-14-16-28(17-15-26)46-21-27-8-6-7-9-29(27)39/h6-19,33-35,45H,20-21H2,1-5H3,(H,40,43)(H,41,44). The Morgan fingerprint density at radius 3 is 2.00 bits per heavy atom. The van der Waals surface area contributed by atoms with Crippen LogP contribution in [0.1, 0.15) is 52.6 Å². The number of amides is 2. The molecule has 4 aromatic rings. The van der Waals surface area contributed by atoms with Crippen molar-refractivity contribution in [2.75, 3.05) is 10.6 Å². The van der Waals surface area contributed by atoms with Gasteiger partial charge < -0.3 is 20.5 Å². The number of ketones is 1. The summed E-state index contributed by atoms with van der Waals surface area (Å²) in [5.74, 6) is -4.22. The lowest BCUT2D eigenvalue weighted by atomic mass is 9.61. The monoisotopic (exact) mass is 638 g/mol. The lowest BCUT2D eigenvalue weighted by molar-refractivity contribution is -0.150. The summed E-state index contributed by atoms with van der Waals surface area (Å²) in [6.45, 7) is 9.35. The minimum atomic E-state index is -1.72. The molecule has 7 nitrogen and oxygen atoms in total. The molecule has 8 heteroatoms. The number of benzene rings is 4. The van der Waals surface area contributed by atoms with Crippen molar-refractivity contribution in [2.45, 2.75) is 59.2 Å². The van der Waals surface area contributed by atoms with E-state index in [0.717, 1.165) is 27.8 Å². The number of carbonyl (C=O) groups excluding carboxylic acids is 3. The van der Waals surface area contributed by atoms with E-state index in [9.17, 15) is 19.5 Å². The molecule has 3 N–H and O–H groups in total. The van der Waals surface area contributed by atoms with Gasteiger partial charge in [-0.2, -0.15) is 0 Å². The first-order valence-corrected chi connectivity index (χ1v) is 15.7. The van der Waals surface area contributed by atoms with Gasteiger partial charge in [-0.15, -0.1) is 0 Å². The maximum atomic E-state index is 14.2. The molecule has 46 heavy (non-hydrogen) atoms. The minimum absolute atomic E-state index is 0.247. The Morgan fingerprint density at radius 2 is 1.41 bits per heavy atom. The zero-order chi connectivity index (χ0) is 33.2. The molecule has 1 aliphatic rings. The summed E-state index contributed by atoms with van der Waals surface area (Å²) in [5, 5.41) is 18.3. The van der Waals surface area contributed by atoms with E-state index in [-0.39, 0.29) is 13.0 Å². The molecular weight excluding hydrogens is 600 g/mol. The van der Waals surface area contributed by atoms with Crippen LogP contribution >= 0.6 is 11.6 Å². The number of hydrogen-bond donors (Lipinski definition) is 3. The van der Waals surface area contributed by atoms with Gasteiger partial charge in [-0.1, -0.05) is 66.2 Å². The molecule has 0 saturated heterocycles. The third kappa shape index (κ3) is 7.16. The number of ether oxygens (including phenoxy) is 1. The topological polar surface area (TPSA) is 105 Å². The Balaban J connectivity index is 1.53. The summed E-state index contributed by atoms with van der Waals surface area (Å²) in [7, 11) is 0. The number of aliphatic hydroxyl groups is 1. The SMILES string of the molecule is Cc1ccc(C)c(NC(=O)C2C(=O)CC(C)(O)C(C(=O)Nc3cc(C)ccc3C)C2c2ccc(OCc3ccccc3Cl)cc2)c1. The number of Topliss-reactive ketones (excluding diaryl/α,β-unsaturated/α-hetero) is 1. The van der Waals surface area contributed by atoms with Crippen molar-refractivity contribution in [1.29, 1.82) is 0 Å². The van der Waals surface area contributed by atoms with Crippen molar-refractivity contribution in [1.82, 2.24) is 0 Å². The molecule has 0 heterocycles. The van der Waals surface area contributed by atoms with Crippen LogP contribution in [0.3, 0.4) is 0 Å². The van der Waals surface area contributed by atoms with E-state index in [2.05, 4.69) is 10.6 Å². The van der Waals surface area contributed by atoms with Crippen LogP contribution in [0.4, 0.5) is 11.4 Å². The molecule has 2 amide bonds. The molecule has 238 valence electrons. The van der Waals surface area contributed by atoms with Gasteiger partial charge in [0.25, 0.3) is 0 Å². The summed E-state index contributed by atoms with van der Waals surface area (Å²) in [4.78, 5) is 42.0. The molecule has 0 radical (unpaired) electrons. The molecule has 5 rings (SSSR count). The smallest absolute Gasteiger partial charge is 0.235 e. The first kappa shape index (κ1) is 32.9. The van der Waals surface area contributed by atoms with E-state index in [4.69, 9.17) is 16.3 Å². The van der Waals surface area contributed by atoms with Gasteiger partial charge in [-0.25, -0.2) is 0 Å². The fraction of sp³-hybridized carbons (Fsp3) is 0.289. The van der Waals surface area contributed by atoms with Crippen LogP contribution in [0.25, 0.3) is 0 Å². The molecule has 0 aliphatic heterocycles. The number of nitrogens with one attached hydrogen (secondary N) is 2. The minimum Gasteiger partial charge on any atom is -0.489 e. The van der Waals surface area contributed by atoms with Crippen LogP contribution in [0, 0.1) is 39.5 Å². The molecule has 4 aromatic carbocycles. The van der Waals surface area contributed by atoms with E-state index in [1.807, 2.05) is 82.3 Å². The van der Waals surface area contributed by atoms with Gasteiger partial charge in [0.15, 0.2) is 0 Å². The fourth-order valence-electron chi connectivity index (χ4n) is 6.22. The normalized spacial score (nSPS) is 21.0. The Labute approximate surface area is 275 Å². The molecular formula is C38H39ClN2O5. The van der Waals surface area contributed by atoms with Gasteiger partial charge in [-0.3, -0.25) is 14.4 Å². The maximum absolute atomic E-state index is 14.2. The first-order chi connectivity index (χ1) is 21.8. The maximum Gasteiger partial charge on any atom is 0.235 e. The van der Waals surface area contributed by atoms with E-state index >= 15 is 0 Å². The zero-order valence-corrected chi connectivity index (χ0v) is 27.4. The van der Waals surface area contributed by atoms with Crippen molar-refractivity contribution in [3.63, 3.8) is 0 Å². The van der Waals surface area contributed by atoms with Crippen molar-refractivity contribution >= 4 is 40.6 Å². The van der Waals surface area contributed by atoms with Gasteiger partial charge in [-0.05, 0) is 92.8 Å². The van der Waals surface area contributed by atoms with E-state index < -0.39 is 41.0 Å². The number of aryl methyl sites for hydroxylation is 4. The number of hydrogen-bond acceptors (Lipinski definition) is 5. The summed E-state index contributed by atoms with van der Waals surface area (Å²) in [6, 6.07) is 25.8.